The molecule has 0 bridgehead atoms. The van der Waals surface area contributed by atoms with Crippen LogP contribution in [0.5, 0.6) is 5.75 Å². The molecule has 0 spiro atoms. The van der Waals surface area contributed by atoms with Gasteiger partial charge in [-0.3, -0.25) is 4.79 Å². The van der Waals surface area contributed by atoms with Crippen LogP contribution in [0.1, 0.15) is 81.8 Å². The number of carbonyl (C=O) groups is 1. The summed E-state index contributed by atoms with van der Waals surface area (Å²) in [6.45, 7) is 4.12. The number of benzene rings is 1. The molecule has 1 aromatic rings. The number of rotatable bonds is 4. The normalized spacial score (nSPS) is 17.8. The average molecular weight is 424 g/mol. The zero-order valence-electron chi connectivity index (χ0n) is 16.4. The van der Waals surface area contributed by atoms with Crippen LogP contribution in [0.2, 0.25) is 0 Å². The van der Waals surface area contributed by atoms with Gasteiger partial charge in [-0.1, -0.05) is 73.7 Å². The zero-order valence-corrected chi connectivity index (χ0v) is 18.0. The topological polar surface area (TPSA) is 38.3 Å². The van der Waals surface area contributed by atoms with Gasteiger partial charge in [-0.05, 0) is 49.9 Å². The minimum Gasteiger partial charge on any atom is -0.483 e. The lowest BCUT2D eigenvalue weighted by molar-refractivity contribution is -0.123. The van der Waals surface area contributed by atoms with E-state index in [0.717, 1.165) is 34.2 Å². The van der Waals surface area contributed by atoms with E-state index < -0.39 is 0 Å². The highest BCUT2D eigenvalue weighted by atomic mass is 79.9. The third-order valence-corrected chi connectivity index (χ3v) is 5.70. The van der Waals surface area contributed by atoms with Crippen molar-refractivity contribution >= 4 is 21.8 Å². The molecule has 0 saturated heterocycles. The van der Waals surface area contributed by atoms with E-state index >= 15 is 0 Å². The van der Waals surface area contributed by atoms with Crippen LogP contribution >= 0.6 is 15.9 Å². The number of carbonyl (C=O) groups excluding carboxylic acids is 1. The molecule has 0 unspecified atom stereocenters. The van der Waals surface area contributed by atoms with Crippen LogP contribution < -0.4 is 10.1 Å². The number of nitrogens with one attached hydrogen (secondary N) is 1. The number of halogens is 1. The molecule has 1 aliphatic carbocycles. The molecule has 4 heteroatoms. The van der Waals surface area contributed by atoms with Gasteiger partial charge in [0.05, 0.1) is 0 Å². The first kappa shape index (κ1) is 21.3. The van der Waals surface area contributed by atoms with Crippen molar-refractivity contribution in [3.63, 3.8) is 0 Å². The van der Waals surface area contributed by atoms with E-state index in [1.165, 1.54) is 57.8 Å². The largest absolute Gasteiger partial charge is 0.483 e. The van der Waals surface area contributed by atoms with Gasteiger partial charge >= 0.3 is 0 Å². The van der Waals surface area contributed by atoms with Crippen LogP contribution in [0.4, 0.5) is 0 Å². The Bertz CT molecular complexity index is 538. The van der Waals surface area contributed by atoms with Gasteiger partial charge in [0, 0.05) is 10.5 Å². The van der Waals surface area contributed by atoms with Crippen molar-refractivity contribution in [2.75, 3.05) is 6.61 Å². The fourth-order valence-electron chi connectivity index (χ4n) is 3.84. The zero-order chi connectivity index (χ0) is 18.8. The fourth-order valence-corrected chi connectivity index (χ4v) is 4.53. The van der Waals surface area contributed by atoms with Crippen LogP contribution in [-0.2, 0) is 4.79 Å². The molecule has 1 saturated carbocycles. The van der Waals surface area contributed by atoms with E-state index in [9.17, 15) is 4.79 Å². The second kappa shape index (κ2) is 11.6. The molecule has 2 rings (SSSR count). The van der Waals surface area contributed by atoms with Crippen LogP contribution in [0, 0.1) is 13.8 Å². The second-order valence-corrected chi connectivity index (χ2v) is 8.60. The maximum absolute atomic E-state index is 12.4. The van der Waals surface area contributed by atoms with E-state index in [2.05, 4.69) is 21.2 Å². The SMILES string of the molecule is Cc1cc(Br)cc(C)c1OCC(=O)NC1CCCCCCCCCCC1. The molecule has 146 valence electrons. The van der Waals surface area contributed by atoms with Crippen molar-refractivity contribution in [3.05, 3.63) is 27.7 Å². The first-order valence-corrected chi connectivity index (χ1v) is 11.0. The van der Waals surface area contributed by atoms with E-state index in [0.29, 0.717) is 6.04 Å². The van der Waals surface area contributed by atoms with E-state index in [1.807, 2.05) is 26.0 Å². The first-order chi connectivity index (χ1) is 12.6. The molecule has 0 atom stereocenters. The molecule has 1 aromatic carbocycles. The summed E-state index contributed by atoms with van der Waals surface area (Å²) < 4.78 is 6.87. The summed E-state index contributed by atoms with van der Waals surface area (Å²) in [5.41, 5.74) is 2.10. The fraction of sp³-hybridized carbons (Fsp3) is 0.682. The summed E-state index contributed by atoms with van der Waals surface area (Å²) in [4.78, 5) is 12.4. The average Bonchev–Trinajstić information content (AvgIpc) is 2.56. The molecule has 0 heterocycles. The maximum Gasteiger partial charge on any atom is 0.258 e. The summed E-state index contributed by atoms with van der Waals surface area (Å²) in [6.07, 6.45) is 14.0. The number of amides is 1. The molecule has 1 aliphatic rings. The van der Waals surface area contributed by atoms with Gasteiger partial charge in [0.15, 0.2) is 6.61 Å². The van der Waals surface area contributed by atoms with Gasteiger partial charge < -0.3 is 10.1 Å². The predicted molar refractivity (Wildman–Crippen MR) is 112 cm³/mol. The minimum absolute atomic E-state index is 0.00353. The number of hydrogen-bond donors (Lipinski definition) is 1. The summed E-state index contributed by atoms with van der Waals surface area (Å²) in [5, 5.41) is 3.22. The van der Waals surface area contributed by atoms with Crippen LogP contribution in [0.25, 0.3) is 0 Å². The number of aryl methyl sites for hydroxylation is 2. The monoisotopic (exact) mass is 423 g/mol. The number of hydrogen-bond acceptors (Lipinski definition) is 2. The Morgan fingerprint density at radius 1 is 0.962 bits per heavy atom. The Balaban J connectivity index is 1.82. The molecule has 26 heavy (non-hydrogen) atoms. The van der Waals surface area contributed by atoms with Crippen molar-refractivity contribution in [1.29, 1.82) is 0 Å². The predicted octanol–water partition coefficient (Wildman–Crippen LogP) is 6.23. The first-order valence-electron chi connectivity index (χ1n) is 10.2. The molecule has 0 aromatic heterocycles. The highest BCUT2D eigenvalue weighted by Crippen LogP contribution is 2.27. The molecular formula is C22H34BrNO2. The quantitative estimate of drug-likeness (QED) is 0.622. The van der Waals surface area contributed by atoms with Crippen molar-refractivity contribution in [2.24, 2.45) is 0 Å². The lowest BCUT2D eigenvalue weighted by atomic mass is 9.98. The minimum atomic E-state index is 0.00353. The molecule has 1 amide bonds. The molecule has 1 N–H and O–H groups in total. The Labute approximate surface area is 167 Å². The second-order valence-electron chi connectivity index (χ2n) is 7.68. The van der Waals surface area contributed by atoms with Gasteiger partial charge in [-0.2, -0.15) is 0 Å². The summed E-state index contributed by atoms with van der Waals surface area (Å²) in [6, 6.07) is 4.35. The van der Waals surface area contributed by atoms with E-state index in [1.54, 1.807) is 0 Å². The van der Waals surface area contributed by atoms with Crippen LogP contribution in [0.3, 0.4) is 0 Å². The molecule has 3 nitrogen and oxygen atoms in total. The summed E-state index contributed by atoms with van der Waals surface area (Å²) in [5.74, 6) is 0.825. The highest BCUT2D eigenvalue weighted by molar-refractivity contribution is 9.10. The summed E-state index contributed by atoms with van der Waals surface area (Å²) in [7, 11) is 0. The van der Waals surface area contributed by atoms with Crippen LogP contribution in [0.15, 0.2) is 16.6 Å². The Morgan fingerprint density at radius 2 is 1.42 bits per heavy atom. The van der Waals surface area contributed by atoms with Gasteiger partial charge in [-0.25, -0.2) is 0 Å². The molecule has 1 fully saturated rings. The Morgan fingerprint density at radius 3 is 1.92 bits per heavy atom. The lowest BCUT2D eigenvalue weighted by Crippen LogP contribution is -2.38. The van der Waals surface area contributed by atoms with E-state index in [4.69, 9.17) is 4.74 Å². The molecular weight excluding hydrogens is 390 g/mol. The van der Waals surface area contributed by atoms with Gasteiger partial charge in [-0.15, -0.1) is 0 Å². The Hall–Kier alpha value is -1.03. The Kier molecular flexibility index (Phi) is 9.52. The van der Waals surface area contributed by atoms with Crippen molar-refractivity contribution in [2.45, 2.75) is 90.5 Å². The number of ether oxygens (including phenoxy) is 1. The van der Waals surface area contributed by atoms with Crippen LogP contribution in [-0.4, -0.2) is 18.6 Å². The highest BCUT2D eigenvalue weighted by Gasteiger charge is 2.14. The van der Waals surface area contributed by atoms with Gasteiger partial charge in [0.1, 0.15) is 5.75 Å². The third kappa shape index (κ3) is 7.69. The standard InChI is InChI=1S/C22H34BrNO2/c1-17-14-19(23)15-18(2)22(17)26-16-21(25)24-20-12-10-8-6-4-3-5-7-9-11-13-20/h14-15,20H,3-13,16H2,1-2H3,(H,24,25). The molecule has 0 radical (unpaired) electrons. The maximum atomic E-state index is 12.4. The van der Waals surface area contributed by atoms with Gasteiger partial charge in [0.2, 0.25) is 0 Å². The van der Waals surface area contributed by atoms with Gasteiger partial charge in [0.25, 0.3) is 5.91 Å². The van der Waals surface area contributed by atoms with Crippen molar-refractivity contribution < 1.29 is 9.53 Å². The smallest absolute Gasteiger partial charge is 0.258 e. The van der Waals surface area contributed by atoms with E-state index in [-0.39, 0.29) is 12.5 Å². The lowest BCUT2D eigenvalue weighted by Gasteiger charge is -2.20. The third-order valence-electron chi connectivity index (χ3n) is 5.24. The van der Waals surface area contributed by atoms with Crippen molar-refractivity contribution in [3.8, 4) is 5.75 Å². The summed E-state index contributed by atoms with van der Waals surface area (Å²) >= 11 is 3.49. The van der Waals surface area contributed by atoms with Crippen molar-refractivity contribution in [1.82, 2.24) is 5.32 Å². The molecule has 0 aliphatic heterocycles.